The maximum atomic E-state index is 11.1. The summed E-state index contributed by atoms with van der Waals surface area (Å²) in [5, 5.41) is 0. The number of hydrogen-bond acceptors (Lipinski definition) is 1. The van der Waals surface area contributed by atoms with Crippen LogP contribution in [-0.4, -0.2) is 24.4 Å². The highest BCUT2D eigenvalue weighted by Crippen LogP contribution is 2.29. The zero-order valence-electron chi connectivity index (χ0n) is 7.21. The molecule has 0 heterocycles. The van der Waals surface area contributed by atoms with E-state index >= 15 is 0 Å². The Morgan fingerprint density at radius 1 is 1.64 bits per heavy atom. The number of allylic oxidation sites excluding steroid dienone is 1. The van der Waals surface area contributed by atoms with Gasteiger partial charge < -0.3 is 4.90 Å². The van der Waals surface area contributed by atoms with Gasteiger partial charge in [-0.25, -0.2) is 0 Å². The molecular weight excluding hydrogens is 138 g/mol. The Morgan fingerprint density at radius 3 is 2.73 bits per heavy atom. The number of rotatable bonds is 3. The summed E-state index contributed by atoms with van der Waals surface area (Å²) in [5.74, 6) is 0.911. The lowest BCUT2D eigenvalue weighted by molar-refractivity contribution is -0.125. The highest BCUT2D eigenvalue weighted by molar-refractivity contribution is 5.87. The number of amides is 1. The van der Waals surface area contributed by atoms with Gasteiger partial charge >= 0.3 is 0 Å². The quantitative estimate of drug-likeness (QED) is 0.562. The van der Waals surface area contributed by atoms with Crippen LogP contribution in [0.2, 0.25) is 0 Å². The van der Waals surface area contributed by atoms with Crippen molar-refractivity contribution in [1.82, 2.24) is 4.90 Å². The summed E-state index contributed by atoms with van der Waals surface area (Å²) in [6, 6.07) is 0. The second-order valence-electron chi connectivity index (χ2n) is 3.16. The maximum Gasteiger partial charge on any atom is 0.245 e. The minimum atomic E-state index is 0.124. The Balaban J connectivity index is 2.26. The van der Waals surface area contributed by atoms with Crippen LogP contribution in [0.4, 0.5) is 0 Å². The van der Waals surface area contributed by atoms with E-state index in [0.29, 0.717) is 0 Å². The number of carbonyl (C=O) groups excluding carboxylic acids is 1. The molecule has 0 aromatic heterocycles. The van der Waals surface area contributed by atoms with Gasteiger partial charge in [-0.15, -0.1) is 0 Å². The van der Waals surface area contributed by atoms with E-state index in [1.165, 1.54) is 12.8 Å². The molecule has 1 aliphatic carbocycles. The molecule has 0 unspecified atom stereocenters. The molecule has 0 aromatic carbocycles. The molecular formula is C9H15NO. The van der Waals surface area contributed by atoms with Crippen molar-refractivity contribution in [2.24, 2.45) is 5.92 Å². The first-order chi connectivity index (χ1) is 5.24. The van der Waals surface area contributed by atoms with E-state index in [2.05, 4.69) is 0 Å². The molecule has 62 valence electrons. The van der Waals surface area contributed by atoms with Gasteiger partial charge in [0.15, 0.2) is 0 Å². The van der Waals surface area contributed by atoms with Crippen molar-refractivity contribution in [3.05, 3.63) is 12.2 Å². The molecule has 0 bridgehead atoms. The fourth-order valence-corrected chi connectivity index (χ4v) is 1.05. The Kier molecular flexibility index (Phi) is 2.69. The lowest BCUT2D eigenvalue weighted by atomic mass is 10.3. The van der Waals surface area contributed by atoms with Crippen molar-refractivity contribution < 1.29 is 4.79 Å². The lowest BCUT2D eigenvalue weighted by Crippen LogP contribution is -2.26. The molecule has 2 nitrogen and oxygen atoms in total. The molecule has 1 amide bonds. The second-order valence-corrected chi connectivity index (χ2v) is 3.16. The van der Waals surface area contributed by atoms with E-state index < -0.39 is 0 Å². The fraction of sp³-hybridized carbons (Fsp3) is 0.667. The summed E-state index contributed by atoms with van der Waals surface area (Å²) < 4.78 is 0. The van der Waals surface area contributed by atoms with Crippen LogP contribution in [0.1, 0.15) is 19.8 Å². The molecule has 1 aliphatic rings. The van der Waals surface area contributed by atoms with Gasteiger partial charge in [-0.2, -0.15) is 0 Å². The molecule has 0 radical (unpaired) electrons. The Bertz CT molecular complexity index is 170. The molecule has 1 rings (SSSR count). The summed E-state index contributed by atoms with van der Waals surface area (Å²) in [7, 11) is 1.86. The Hall–Kier alpha value is -0.790. The monoisotopic (exact) mass is 153 g/mol. The minimum Gasteiger partial charge on any atom is -0.342 e. The second kappa shape index (κ2) is 3.56. The van der Waals surface area contributed by atoms with Gasteiger partial charge in [0.25, 0.3) is 0 Å². The molecule has 1 saturated carbocycles. The van der Waals surface area contributed by atoms with E-state index in [-0.39, 0.29) is 5.91 Å². The third-order valence-electron chi connectivity index (χ3n) is 1.91. The van der Waals surface area contributed by atoms with Gasteiger partial charge in [0.2, 0.25) is 5.91 Å². The van der Waals surface area contributed by atoms with E-state index in [0.717, 1.165) is 12.5 Å². The highest BCUT2D eigenvalue weighted by atomic mass is 16.2. The van der Waals surface area contributed by atoms with Crippen molar-refractivity contribution in [3.8, 4) is 0 Å². The van der Waals surface area contributed by atoms with E-state index in [4.69, 9.17) is 0 Å². The van der Waals surface area contributed by atoms with Crippen LogP contribution in [-0.2, 0) is 4.79 Å². The van der Waals surface area contributed by atoms with Crippen LogP contribution >= 0.6 is 0 Å². The van der Waals surface area contributed by atoms with Crippen molar-refractivity contribution in [2.45, 2.75) is 19.8 Å². The van der Waals surface area contributed by atoms with Crippen LogP contribution in [0, 0.1) is 5.92 Å². The molecule has 2 heteroatoms. The Morgan fingerprint density at radius 2 is 2.27 bits per heavy atom. The first-order valence-corrected chi connectivity index (χ1v) is 4.12. The molecule has 0 aromatic rings. The molecule has 11 heavy (non-hydrogen) atoms. The first kappa shape index (κ1) is 8.31. The van der Waals surface area contributed by atoms with Crippen LogP contribution in [0.15, 0.2) is 12.2 Å². The van der Waals surface area contributed by atoms with Crippen LogP contribution < -0.4 is 0 Å². The number of nitrogens with zero attached hydrogens (tertiary/aromatic N) is 1. The number of carbonyl (C=O) groups is 1. The molecule has 0 saturated heterocycles. The summed E-state index contributed by atoms with van der Waals surface area (Å²) in [6.45, 7) is 2.80. The first-order valence-electron chi connectivity index (χ1n) is 4.12. The summed E-state index contributed by atoms with van der Waals surface area (Å²) in [4.78, 5) is 12.9. The maximum absolute atomic E-state index is 11.1. The molecule has 0 spiro atoms. The van der Waals surface area contributed by atoms with Crippen molar-refractivity contribution in [3.63, 3.8) is 0 Å². The van der Waals surface area contributed by atoms with Gasteiger partial charge in [-0.05, 0) is 31.8 Å². The van der Waals surface area contributed by atoms with Crippen molar-refractivity contribution in [1.29, 1.82) is 0 Å². The average molecular weight is 153 g/mol. The normalized spacial score (nSPS) is 17.3. The van der Waals surface area contributed by atoms with E-state index in [1.807, 2.05) is 14.0 Å². The summed E-state index contributed by atoms with van der Waals surface area (Å²) >= 11 is 0. The van der Waals surface area contributed by atoms with Crippen LogP contribution in [0.3, 0.4) is 0 Å². The van der Waals surface area contributed by atoms with Gasteiger partial charge in [-0.3, -0.25) is 4.79 Å². The average Bonchev–Trinajstić information content (AvgIpc) is 2.72. The predicted molar refractivity (Wildman–Crippen MR) is 45.2 cm³/mol. The van der Waals surface area contributed by atoms with Crippen LogP contribution in [0.5, 0.6) is 0 Å². The molecule has 0 N–H and O–H groups in total. The highest BCUT2D eigenvalue weighted by Gasteiger charge is 2.23. The van der Waals surface area contributed by atoms with Gasteiger partial charge in [0, 0.05) is 13.6 Å². The molecule has 0 atom stereocenters. The standard InChI is InChI=1S/C9H15NO/c1-3-4-9(11)10(2)7-8-5-6-8/h3-4,8H,5-7H2,1-2H3. The van der Waals surface area contributed by atoms with Gasteiger partial charge in [0.1, 0.15) is 0 Å². The predicted octanol–water partition coefficient (Wildman–Crippen LogP) is 1.43. The van der Waals surface area contributed by atoms with E-state index in [1.54, 1.807) is 17.1 Å². The minimum absolute atomic E-state index is 0.124. The number of likely N-dealkylation sites (N-methyl/N-ethyl adjacent to an activating group) is 1. The van der Waals surface area contributed by atoms with Gasteiger partial charge in [0.05, 0.1) is 0 Å². The molecule has 0 aliphatic heterocycles. The fourth-order valence-electron chi connectivity index (χ4n) is 1.05. The Labute approximate surface area is 67.9 Å². The largest absolute Gasteiger partial charge is 0.342 e. The number of hydrogen-bond donors (Lipinski definition) is 0. The SMILES string of the molecule is CC=CC(=O)N(C)CC1CC1. The zero-order chi connectivity index (χ0) is 8.27. The summed E-state index contributed by atoms with van der Waals surface area (Å²) in [6.07, 6.45) is 6.00. The smallest absolute Gasteiger partial charge is 0.245 e. The zero-order valence-corrected chi connectivity index (χ0v) is 7.21. The van der Waals surface area contributed by atoms with Gasteiger partial charge in [-0.1, -0.05) is 6.08 Å². The van der Waals surface area contributed by atoms with Crippen LogP contribution in [0.25, 0.3) is 0 Å². The summed E-state index contributed by atoms with van der Waals surface area (Å²) in [5.41, 5.74) is 0. The van der Waals surface area contributed by atoms with E-state index in [9.17, 15) is 4.79 Å². The third kappa shape index (κ3) is 2.74. The topological polar surface area (TPSA) is 20.3 Å². The third-order valence-corrected chi connectivity index (χ3v) is 1.91. The molecule has 1 fully saturated rings. The lowest BCUT2D eigenvalue weighted by Gasteiger charge is -2.13. The van der Waals surface area contributed by atoms with Crippen molar-refractivity contribution in [2.75, 3.05) is 13.6 Å². The van der Waals surface area contributed by atoms with Crippen molar-refractivity contribution >= 4 is 5.91 Å².